The molecule has 0 aliphatic heterocycles. The Morgan fingerprint density at radius 3 is 2.23 bits per heavy atom. The van der Waals surface area contributed by atoms with Gasteiger partial charge >= 0.3 is 5.97 Å². The monoisotopic (exact) mass is 433 g/mol. The lowest BCUT2D eigenvalue weighted by Gasteiger charge is -2.24. The number of ether oxygens (including phenoxy) is 1. The minimum absolute atomic E-state index is 0.0985. The first-order valence-corrected chi connectivity index (χ1v) is 11.4. The van der Waals surface area contributed by atoms with Crippen molar-refractivity contribution in [3.8, 4) is 0 Å². The molecule has 2 aromatic carbocycles. The molecule has 7 nitrogen and oxygen atoms in total. The highest BCUT2D eigenvalue weighted by atomic mass is 32.2. The average molecular weight is 434 g/mol. The topological polar surface area (TPSA) is 110 Å². The molecule has 2 N–H and O–H groups in total. The smallest absolute Gasteiger partial charge is 0.335 e. The van der Waals surface area contributed by atoms with E-state index in [1.807, 2.05) is 13.8 Å². The second-order valence-corrected chi connectivity index (χ2v) is 9.57. The van der Waals surface area contributed by atoms with Crippen molar-refractivity contribution < 1.29 is 27.9 Å². The summed E-state index contributed by atoms with van der Waals surface area (Å²) in [6, 6.07) is 12.4. The molecule has 0 unspecified atom stereocenters. The van der Waals surface area contributed by atoms with E-state index in [9.17, 15) is 18.0 Å². The molecule has 0 spiro atoms. The van der Waals surface area contributed by atoms with Gasteiger partial charge in [-0.25, -0.2) is 13.2 Å². The van der Waals surface area contributed by atoms with Gasteiger partial charge in [0.05, 0.1) is 23.1 Å². The van der Waals surface area contributed by atoms with E-state index in [-0.39, 0.29) is 34.9 Å². The van der Waals surface area contributed by atoms with Crippen molar-refractivity contribution in [2.75, 3.05) is 6.26 Å². The molecule has 0 fully saturated rings. The predicted octanol–water partition coefficient (Wildman–Crippen LogP) is 3.21. The van der Waals surface area contributed by atoms with Crippen molar-refractivity contribution in [2.45, 2.75) is 44.4 Å². The van der Waals surface area contributed by atoms with Gasteiger partial charge in [0.25, 0.3) is 0 Å². The number of carboxylic acids is 1. The number of amides is 1. The third-order valence-electron chi connectivity index (χ3n) is 4.64. The molecule has 1 amide bonds. The highest BCUT2D eigenvalue weighted by Crippen LogP contribution is 2.18. The Labute approximate surface area is 177 Å². The first-order valence-electron chi connectivity index (χ1n) is 9.53. The van der Waals surface area contributed by atoms with Crippen LogP contribution in [0.15, 0.2) is 53.4 Å². The van der Waals surface area contributed by atoms with E-state index < -0.39 is 21.9 Å². The van der Waals surface area contributed by atoms with Gasteiger partial charge in [-0.15, -0.1) is 0 Å². The van der Waals surface area contributed by atoms with Gasteiger partial charge in [0, 0.05) is 6.26 Å². The van der Waals surface area contributed by atoms with Crippen molar-refractivity contribution >= 4 is 21.7 Å². The molecule has 8 heteroatoms. The maximum absolute atomic E-state index is 12.8. The van der Waals surface area contributed by atoms with Crippen LogP contribution in [0, 0.1) is 5.92 Å². The Balaban J connectivity index is 2.05. The van der Waals surface area contributed by atoms with Gasteiger partial charge in [-0.2, -0.15) is 0 Å². The molecule has 2 atom stereocenters. The Bertz CT molecular complexity index is 999. The summed E-state index contributed by atoms with van der Waals surface area (Å²) in [6.45, 7) is 5.63. The summed E-state index contributed by atoms with van der Waals surface area (Å²) in [5.74, 6) is -1.41. The molecule has 0 saturated carbocycles. The highest BCUT2D eigenvalue weighted by Gasteiger charge is 2.25. The Morgan fingerprint density at radius 2 is 1.70 bits per heavy atom. The summed E-state index contributed by atoms with van der Waals surface area (Å²) < 4.78 is 29.3. The van der Waals surface area contributed by atoms with Gasteiger partial charge in [-0.1, -0.05) is 38.1 Å². The summed E-state index contributed by atoms with van der Waals surface area (Å²) in [6.07, 6.45) is 0.412. The van der Waals surface area contributed by atoms with E-state index in [1.54, 1.807) is 31.2 Å². The molecule has 0 aliphatic carbocycles. The molecule has 2 aromatic rings. The number of benzene rings is 2. The molecule has 2 rings (SSSR count). The summed E-state index contributed by atoms with van der Waals surface area (Å²) in [5, 5.41) is 11.9. The molecular weight excluding hydrogens is 406 g/mol. The molecule has 0 radical (unpaired) electrons. The number of rotatable bonds is 9. The molecule has 0 saturated heterocycles. The summed E-state index contributed by atoms with van der Waals surface area (Å²) in [4.78, 5) is 23.9. The van der Waals surface area contributed by atoms with E-state index in [4.69, 9.17) is 9.84 Å². The van der Waals surface area contributed by atoms with Crippen molar-refractivity contribution in [2.24, 2.45) is 5.92 Å². The van der Waals surface area contributed by atoms with Crippen LogP contribution in [0.2, 0.25) is 0 Å². The van der Waals surface area contributed by atoms with E-state index in [0.717, 1.165) is 11.8 Å². The molecule has 162 valence electrons. The number of nitrogens with one attached hydrogen (secondary N) is 1. The molecule has 0 bridgehead atoms. The summed E-state index contributed by atoms with van der Waals surface area (Å²) in [5.41, 5.74) is 1.61. The van der Waals surface area contributed by atoms with Crippen LogP contribution >= 0.6 is 0 Å². The average Bonchev–Trinajstić information content (AvgIpc) is 2.67. The highest BCUT2D eigenvalue weighted by molar-refractivity contribution is 7.90. The van der Waals surface area contributed by atoms with Gasteiger partial charge in [0.15, 0.2) is 9.84 Å². The number of carbonyl (C=O) groups is 2. The second-order valence-electron chi connectivity index (χ2n) is 7.55. The maximum atomic E-state index is 12.8. The normalized spacial score (nSPS) is 13.6. The zero-order valence-corrected chi connectivity index (χ0v) is 18.3. The fraction of sp³-hybridized carbons (Fsp3) is 0.364. The summed E-state index contributed by atoms with van der Waals surface area (Å²) in [7, 11) is -3.32. The van der Waals surface area contributed by atoms with Crippen molar-refractivity contribution in [1.82, 2.24) is 5.32 Å². The van der Waals surface area contributed by atoms with E-state index in [2.05, 4.69) is 5.32 Å². The number of hydrogen-bond acceptors (Lipinski definition) is 5. The van der Waals surface area contributed by atoms with Gasteiger partial charge < -0.3 is 15.2 Å². The summed E-state index contributed by atoms with van der Waals surface area (Å²) >= 11 is 0. The van der Waals surface area contributed by atoms with E-state index >= 15 is 0 Å². The molecule has 0 heterocycles. The van der Waals surface area contributed by atoms with Crippen LogP contribution in [0.1, 0.15) is 48.3 Å². The zero-order valence-electron chi connectivity index (χ0n) is 17.5. The van der Waals surface area contributed by atoms with E-state index in [1.165, 1.54) is 24.3 Å². The number of carbonyl (C=O) groups excluding carboxylic acids is 1. The van der Waals surface area contributed by atoms with Crippen LogP contribution in [0.5, 0.6) is 0 Å². The van der Waals surface area contributed by atoms with Crippen LogP contribution in [0.25, 0.3) is 0 Å². The minimum Gasteiger partial charge on any atom is -0.478 e. The Morgan fingerprint density at radius 1 is 1.07 bits per heavy atom. The van der Waals surface area contributed by atoms with Crippen LogP contribution < -0.4 is 5.32 Å². The van der Waals surface area contributed by atoms with Gasteiger partial charge in [-0.05, 0) is 48.2 Å². The number of aromatic carboxylic acids is 1. The standard InChI is InChI=1S/C22H27NO6S/c1-14(2)20(29-13-16-6-5-7-19(12-16)30(4,27)28)21(24)23-15(3)17-8-10-18(11-9-17)22(25)26/h5-12,14-15,20H,13H2,1-4H3,(H,23,24)(H,25,26)/t15-,20-/m0/s1. The predicted molar refractivity (Wildman–Crippen MR) is 113 cm³/mol. The van der Waals surface area contributed by atoms with Crippen molar-refractivity contribution in [3.63, 3.8) is 0 Å². The minimum atomic E-state index is -3.32. The fourth-order valence-electron chi connectivity index (χ4n) is 2.92. The lowest BCUT2D eigenvalue weighted by molar-refractivity contribution is -0.137. The van der Waals surface area contributed by atoms with E-state index in [0.29, 0.717) is 5.56 Å². The molecule has 30 heavy (non-hydrogen) atoms. The van der Waals surface area contributed by atoms with Crippen LogP contribution in [0.4, 0.5) is 0 Å². The van der Waals surface area contributed by atoms with Crippen LogP contribution in [0.3, 0.4) is 0 Å². The number of sulfone groups is 1. The molecule has 0 aliphatic rings. The van der Waals surface area contributed by atoms with Gasteiger partial charge in [0.2, 0.25) is 5.91 Å². The van der Waals surface area contributed by atoms with Gasteiger partial charge in [-0.3, -0.25) is 4.79 Å². The first kappa shape index (κ1) is 23.6. The number of carboxylic acid groups (broad SMARTS) is 1. The third-order valence-corrected chi connectivity index (χ3v) is 5.75. The third kappa shape index (κ3) is 6.40. The molecule has 0 aromatic heterocycles. The van der Waals surface area contributed by atoms with Crippen molar-refractivity contribution in [3.05, 3.63) is 65.2 Å². The SMILES string of the molecule is CC(C)[C@H](OCc1cccc(S(C)(=O)=O)c1)C(=O)N[C@@H](C)c1ccc(C(=O)O)cc1. The Hall–Kier alpha value is -2.71. The van der Waals surface area contributed by atoms with Gasteiger partial charge in [0.1, 0.15) is 6.10 Å². The Kier molecular flexibility index (Phi) is 7.75. The maximum Gasteiger partial charge on any atom is 0.335 e. The fourth-order valence-corrected chi connectivity index (χ4v) is 3.61. The lowest BCUT2D eigenvalue weighted by Crippen LogP contribution is -2.40. The molecular formula is C22H27NO6S. The second kappa shape index (κ2) is 9.86. The van der Waals surface area contributed by atoms with Crippen LogP contribution in [-0.2, 0) is 26.0 Å². The zero-order chi connectivity index (χ0) is 22.5. The largest absolute Gasteiger partial charge is 0.478 e. The quantitative estimate of drug-likeness (QED) is 0.628. The van der Waals surface area contributed by atoms with Crippen molar-refractivity contribution in [1.29, 1.82) is 0 Å². The first-order chi connectivity index (χ1) is 14.0. The number of hydrogen-bond donors (Lipinski definition) is 2. The van der Waals surface area contributed by atoms with Crippen LogP contribution in [-0.4, -0.2) is 37.8 Å². The lowest BCUT2D eigenvalue weighted by atomic mass is 10.0.